The van der Waals surface area contributed by atoms with Gasteiger partial charge in [-0.1, -0.05) is 0 Å². The number of ether oxygens (including phenoxy) is 1. The predicted molar refractivity (Wildman–Crippen MR) is 70.2 cm³/mol. The lowest BCUT2D eigenvalue weighted by Gasteiger charge is -2.15. The molecule has 1 aromatic rings. The van der Waals surface area contributed by atoms with Gasteiger partial charge in [0.2, 0.25) is 0 Å². The maximum Gasteiger partial charge on any atom is 0.307 e. The molecule has 1 amide bonds. The van der Waals surface area contributed by atoms with Crippen molar-refractivity contribution in [1.82, 2.24) is 4.90 Å². The maximum atomic E-state index is 11.9. The molecule has 0 saturated heterocycles. The number of halogens is 1. The molecule has 0 bridgehead atoms. The monoisotopic (exact) mass is 319 g/mol. The molecule has 0 fully saturated rings. The van der Waals surface area contributed by atoms with Crippen LogP contribution in [0.4, 0.5) is 0 Å². The number of amides is 1. The average Bonchev–Trinajstić information content (AvgIpc) is 2.72. The lowest BCUT2D eigenvalue weighted by Crippen LogP contribution is -2.28. The van der Waals surface area contributed by atoms with E-state index >= 15 is 0 Å². The molecule has 0 aliphatic carbocycles. The number of hydrogen-bond donors (Lipinski definition) is 0. The Morgan fingerprint density at radius 1 is 1.47 bits per heavy atom. The van der Waals surface area contributed by atoms with Crippen LogP contribution in [0.2, 0.25) is 0 Å². The van der Waals surface area contributed by atoms with Crippen molar-refractivity contribution in [1.29, 1.82) is 0 Å². The van der Waals surface area contributed by atoms with Gasteiger partial charge in [-0.05, 0) is 35.0 Å². The van der Waals surface area contributed by atoms with Crippen LogP contribution in [0, 0.1) is 0 Å². The minimum atomic E-state index is -0.278. The number of nitrogens with zero attached hydrogens (tertiary/aromatic N) is 1. The maximum absolute atomic E-state index is 11.9. The van der Waals surface area contributed by atoms with Crippen LogP contribution in [-0.4, -0.2) is 37.0 Å². The third-order valence-electron chi connectivity index (χ3n) is 2.09. The van der Waals surface area contributed by atoms with Gasteiger partial charge >= 0.3 is 5.97 Å². The summed E-state index contributed by atoms with van der Waals surface area (Å²) >= 11 is 4.68. The lowest BCUT2D eigenvalue weighted by molar-refractivity contribution is -0.143. The van der Waals surface area contributed by atoms with Crippen LogP contribution >= 0.6 is 27.3 Å². The van der Waals surface area contributed by atoms with Crippen molar-refractivity contribution in [2.45, 2.75) is 13.3 Å². The lowest BCUT2D eigenvalue weighted by atomic mass is 10.3. The predicted octanol–water partition coefficient (Wildman–Crippen LogP) is 2.54. The van der Waals surface area contributed by atoms with Crippen molar-refractivity contribution in [3.05, 3.63) is 20.8 Å². The van der Waals surface area contributed by atoms with Crippen LogP contribution in [0.25, 0.3) is 0 Å². The molecular weight excluding hydrogens is 306 g/mol. The molecule has 94 valence electrons. The second-order valence-electron chi connectivity index (χ2n) is 3.39. The minimum Gasteiger partial charge on any atom is -0.466 e. The van der Waals surface area contributed by atoms with Gasteiger partial charge < -0.3 is 9.64 Å². The highest BCUT2D eigenvalue weighted by Gasteiger charge is 2.15. The summed E-state index contributed by atoms with van der Waals surface area (Å²) < 4.78 is 5.72. The summed E-state index contributed by atoms with van der Waals surface area (Å²) in [6.07, 6.45) is 0.225. The number of carbonyl (C=O) groups excluding carboxylic acids is 2. The third-order valence-corrected chi connectivity index (χ3v) is 3.70. The minimum absolute atomic E-state index is 0.0787. The van der Waals surface area contributed by atoms with Crippen molar-refractivity contribution >= 4 is 39.1 Å². The van der Waals surface area contributed by atoms with E-state index in [1.54, 1.807) is 20.0 Å². The first kappa shape index (κ1) is 14.2. The average molecular weight is 320 g/mol. The van der Waals surface area contributed by atoms with Crippen molar-refractivity contribution in [2.75, 3.05) is 20.2 Å². The highest BCUT2D eigenvalue weighted by molar-refractivity contribution is 9.11. The second kappa shape index (κ2) is 6.76. The van der Waals surface area contributed by atoms with Crippen LogP contribution in [0.1, 0.15) is 23.0 Å². The van der Waals surface area contributed by atoms with Gasteiger partial charge in [0, 0.05) is 13.6 Å². The summed E-state index contributed by atoms with van der Waals surface area (Å²) in [7, 11) is 1.68. The molecule has 0 aliphatic heterocycles. The first-order valence-electron chi connectivity index (χ1n) is 5.21. The van der Waals surface area contributed by atoms with Gasteiger partial charge in [0.25, 0.3) is 5.91 Å². The molecular formula is C11H14BrNO3S. The standard InChI is InChI=1S/C11H14BrNO3S/c1-3-16-10(14)6-7-13(2)11(15)8-4-5-9(12)17-8/h4-5H,3,6-7H2,1-2H3. The quantitative estimate of drug-likeness (QED) is 0.783. The Bertz CT molecular complexity index is 405. The molecule has 1 rings (SSSR count). The van der Waals surface area contributed by atoms with E-state index in [0.29, 0.717) is 18.0 Å². The molecule has 0 aliphatic rings. The van der Waals surface area contributed by atoms with E-state index in [2.05, 4.69) is 15.9 Å². The van der Waals surface area contributed by atoms with Crippen LogP contribution in [0.15, 0.2) is 15.9 Å². The fourth-order valence-electron chi connectivity index (χ4n) is 1.21. The second-order valence-corrected chi connectivity index (χ2v) is 5.85. The summed E-state index contributed by atoms with van der Waals surface area (Å²) in [5, 5.41) is 0. The van der Waals surface area contributed by atoms with Gasteiger partial charge in [-0.15, -0.1) is 11.3 Å². The van der Waals surface area contributed by atoms with E-state index in [-0.39, 0.29) is 18.3 Å². The highest BCUT2D eigenvalue weighted by atomic mass is 79.9. The highest BCUT2D eigenvalue weighted by Crippen LogP contribution is 2.23. The van der Waals surface area contributed by atoms with E-state index in [9.17, 15) is 9.59 Å². The number of hydrogen-bond acceptors (Lipinski definition) is 4. The SMILES string of the molecule is CCOC(=O)CCN(C)C(=O)c1ccc(Br)s1. The molecule has 1 heterocycles. The molecule has 0 atom stereocenters. The summed E-state index contributed by atoms with van der Waals surface area (Å²) in [5.74, 6) is -0.357. The molecule has 1 aromatic heterocycles. The topological polar surface area (TPSA) is 46.6 Å². The Balaban J connectivity index is 2.45. The van der Waals surface area contributed by atoms with Gasteiger partial charge in [0.1, 0.15) is 0 Å². The number of carbonyl (C=O) groups is 2. The Morgan fingerprint density at radius 2 is 2.18 bits per heavy atom. The van der Waals surface area contributed by atoms with Gasteiger partial charge in [0.15, 0.2) is 0 Å². The van der Waals surface area contributed by atoms with Crippen molar-refractivity contribution in [3.8, 4) is 0 Å². The van der Waals surface area contributed by atoms with Crippen LogP contribution in [0.5, 0.6) is 0 Å². The zero-order valence-corrected chi connectivity index (χ0v) is 12.1. The molecule has 0 spiro atoms. The summed E-state index contributed by atoms with van der Waals surface area (Å²) in [5.41, 5.74) is 0. The zero-order chi connectivity index (χ0) is 12.8. The molecule has 4 nitrogen and oxygen atoms in total. The van der Waals surface area contributed by atoms with E-state index in [1.807, 2.05) is 6.07 Å². The molecule has 6 heteroatoms. The van der Waals surface area contributed by atoms with E-state index in [1.165, 1.54) is 16.2 Å². The van der Waals surface area contributed by atoms with Gasteiger partial charge in [-0.25, -0.2) is 0 Å². The number of esters is 1. The van der Waals surface area contributed by atoms with E-state index < -0.39 is 0 Å². The smallest absolute Gasteiger partial charge is 0.307 e. The van der Waals surface area contributed by atoms with Crippen LogP contribution in [0.3, 0.4) is 0 Å². The molecule has 0 N–H and O–H groups in total. The van der Waals surface area contributed by atoms with Gasteiger partial charge in [-0.2, -0.15) is 0 Å². The summed E-state index contributed by atoms with van der Waals surface area (Å²) in [4.78, 5) is 25.2. The van der Waals surface area contributed by atoms with Crippen LogP contribution in [-0.2, 0) is 9.53 Å². The van der Waals surface area contributed by atoms with Gasteiger partial charge in [0.05, 0.1) is 21.7 Å². The zero-order valence-electron chi connectivity index (χ0n) is 9.73. The number of thiophene rings is 1. The third kappa shape index (κ3) is 4.47. The molecule has 17 heavy (non-hydrogen) atoms. The Morgan fingerprint density at radius 3 is 2.71 bits per heavy atom. The van der Waals surface area contributed by atoms with Crippen molar-refractivity contribution in [2.24, 2.45) is 0 Å². The first-order valence-corrected chi connectivity index (χ1v) is 6.82. The Kier molecular flexibility index (Phi) is 5.64. The Hall–Kier alpha value is -0.880. The molecule has 0 saturated carbocycles. The largest absolute Gasteiger partial charge is 0.466 e. The summed E-state index contributed by atoms with van der Waals surface area (Å²) in [6.45, 7) is 2.50. The van der Waals surface area contributed by atoms with Crippen LogP contribution < -0.4 is 0 Å². The molecule has 0 radical (unpaired) electrons. The molecule has 0 unspecified atom stereocenters. The van der Waals surface area contributed by atoms with Crippen molar-refractivity contribution < 1.29 is 14.3 Å². The fraction of sp³-hybridized carbons (Fsp3) is 0.455. The van der Waals surface area contributed by atoms with Gasteiger partial charge in [-0.3, -0.25) is 9.59 Å². The normalized spacial score (nSPS) is 10.1. The first-order chi connectivity index (χ1) is 8.04. The van der Waals surface area contributed by atoms with E-state index in [4.69, 9.17) is 4.74 Å². The Labute approximate surface area is 113 Å². The molecule has 0 aromatic carbocycles. The fourth-order valence-corrected chi connectivity index (χ4v) is 2.59. The van der Waals surface area contributed by atoms with E-state index in [0.717, 1.165) is 3.79 Å². The number of rotatable bonds is 5. The summed E-state index contributed by atoms with van der Waals surface area (Å²) in [6, 6.07) is 3.59. The van der Waals surface area contributed by atoms with Crippen molar-refractivity contribution in [3.63, 3.8) is 0 Å².